The molecule has 1 N–H and O–H groups in total. The Morgan fingerprint density at radius 3 is 1.95 bits per heavy atom. The zero-order chi connectivity index (χ0) is 27.2. The second kappa shape index (κ2) is 12.0. The van der Waals surface area contributed by atoms with Crippen LogP contribution in [-0.2, 0) is 26.2 Å². The number of nitrogens with zero attached hydrogens (tertiary/aromatic N) is 2. The average Bonchev–Trinajstić information content (AvgIpc) is 2.88. The Bertz CT molecular complexity index is 1330. The highest BCUT2D eigenvalue weighted by Crippen LogP contribution is 2.25. The van der Waals surface area contributed by atoms with Gasteiger partial charge in [-0.15, -0.1) is 0 Å². The fourth-order valence-corrected chi connectivity index (χ4v) is 5.26. The van der Waals surface area contributed by atoms with Crippen molar-refractivity contribution < 1.29 is 26.8 Å². The Labute approximate surface area is 215 Å². The molecule has 0 saturated carbocycles. The number of benzene rings is 3. The Balaban J connectivity index is 2.04. The molecule has 3 aromatic rings. The van der Waals surface area contributed by atoms with Gasteiger partial charge in [-0.3, -0.25) is 13.9 Å². The highest BCUT2D eigenvalue weighted by molar-refractivity contribution is 7.92. The highest BCUT2D eigenvalue weighted by atomic mass is 32.2. The lowest BCUT2D eigenvalue weighted by Gasteiger charge is -2.33. The van der Waals surface area contributed by atoms with Crippen LogP contribution in [0.4, 0.5) is 14.5 Å². The van der Waals surface area contributed by atoms with E-state index in [0.717, 1.165) is 22.0 Å². The molecule has 3 rings (SSSR count). The molecule has 1 atom stereocenters. The van der Waals surface area contributed by atoms with Gasteiger partial charge in [-0.25, -0.2) is 17.2 Å². The molecule has 0 saturated heterocycles. The van der Waals surface area contributed by atoms with Crippen LogP contribution in [0.25, 0.3) is 0 Å². The molecule has 0 spiro atoms. The van der Waals surface area contributed by atoms with E-state index in [2.05, 4.69) is 5.32 Å². The van der Waals surface area contributed by atoms with Crippen LogP contribution in [0.15, 0.2) is 77.7 Å². The van der Waals surface area contributed by atoms with Crippen LogP contribution in [0.5, 0.6) is 0 Å². The highest BCUT2D eigenvalue weighted by Gasteiger charge is 2.33. The zero-order valence-electron chi connectivity index (χ0n) is 20.8. The smallest absolute Gasteiger partial charge is 0.264 e. The van der Waals surface area contributed by atoms with Gasteiger partial charge < -0.3 is 10.2 Å². The first-order chi connectivity index (χ1) is 17.6. The molecule has 10 heteroatoms. The number of aryl methyl sites for hydroxylation is 1. The molecule has 3 aromatic carbocycles. The molecule has 0 aliphatic heterocycles. The third-order valence-electron chi connectivity index (χ3n) is 5.90. The summed E-state index contributed by atoms with van der Waals surface area (Å²) in [6, 6.07) is 15.5. The van der Waals surface area contributed by atoms with Crippen molar-refractivity contribution in [2.45, 2.75) is 37.8 Å². The number of carbonyl (C=O) groups is 2. The van der Waals surface area contributed by atoms with Crippen molar-refractivity contribution in [1.29, 1.82) is 0 Å². The number of hydrogen-bond acceptors (Lipinski definition) is 4. The quantitative estimate of drug-likeness (QED) is 0.430. The summed E-state index contributed by atoms with van der Waals surface area (Å²) >= 11 is 0. The standard InChI is InChI=1S/C27H29F2N3O4S/c1-4-25(27(34)30-3)31(17-20-7-9-21(28)10-8-20)26(33)18-32(23-13-11-22(29)12-14-23)37(35,36)24-15-5-19(2)6-16-24/h5-16,25H,4,17-18H2,1-3H3,(H,30,34). The lowest BCUT2D eigenvalue weighted by Crippen LogP contribution is -2.51. The minimum atomic E-state index is -4.24. The summed E-state index contributed by atoms with van der Waals surface area (Å²) in [6.45, 7) is 2.85. The number of anilines is 1. The molecule has 7 nitrogen and oxygen atoms in total. The Morgan fingerprint density at radius 1 is 0.892 bits per heavy atom. The predicted octanol–water partition coefficient (Wildman–Crippen LogP) is 4.02. The molecule has 196 valence electrons. The topological polar surface area (TPSA) is 86.8 Å². The lowest BCUT2D eigenvalue weighted by atomic mass is 10.1. The first kappa shape index (κ1) is 27.8. The number of nitrogens with one attached hydrogen (secondary N) is 1. The van der Waals surface area contributed by atoms with Crippen LogP contribution >= 0.6 is 0 Å². The van der Waals surface area contributed by atoms with Gasteiger partial charge in [0.2, 0.25) is 11.8 Å². The molecule has 0 radical (unpaired) electrons. The first-order valence-corrected chi connectivity index (χ1v) is 13.1. The van der Waals surface area contributed by atoms with Gasteiger partial charge in [-0.05, 0) is 67.4 Å². The van der Waals surface area contributed by atoms with E-state index >= 15 is 0 Å². The largest absolute Gasteiger partial charge is 0.357 e. The lowest BCUT2D eigenvalue weighted by molar-refractivity contribution is -0.140. The van der Waals surface area contributed by atoms with Crippen molar-refractivity contribution in [3.8, 4) is 0 Å². The molecule has 0 heterocycles. The Morgan fingerprint density at radius 2 is 1.43 bits per heavy atom. The van der Waals surface area contributed by atoms with Crippen molar-refractivity contribution in [3.05, 3.63) is 95.6 Å². The molecule has 0 fully saturated rings. The molecular weight excluding hydrogens is 500 g/mol. The summed E-state index contributed by atoms with van der Waals surface area (Å²) in [5, 5.41) is 2.53. The van der Waals surface area contributed by atoms with Crippen molar-refractivity contribution in [1.82, 2.24) is 10.2 Å². The Kier molecular flexibility index (Phi) is 8.99. The van der Waals surface area contributed by atoms with E-state index in [1.54, 1.807) is 19.1 Å². The molecule has 0 bridgehead atoms. The summed E-state index contributed by atoms with van der Waals surface area (Å²) in [7, 11) is -2.79. The zero-order valence-corrected chi connectivity index (χ0v) is 21.6. The van der Waals surface area contributed by atoms with E-state index in [1.807, 2.05) is 6.92 Å². The summed E-state index contributed by atoms with van der Waals surface area (Å²) < 4.78 is 55.3. The summed E-state index contributed by atoms with van der Waals surface area (Å²) in [6.07, 6.45) is 0.258. The fraction of sp³-hybridized carbons (Fsp3) is 0.259. The normalized spacial score (nSPS) is 12.0. The van der Waals surface area contributed by atoms with Gasteiger partial charge in [-0.1, -0.05) is 36.8 Å². The van der Waals surface area contributed by atoms with E-state index in [9.17, 15) is 26.8 Å². The maximum Gasteiger partial charge on any atom is 0.264 e. The monoisotopic (exact) mass is 529 g/mol. The van der Waals surface area contributed by atoms with Gasteiger partial charge in [0.05, 0.1) is 10.6 Å². The van der Waals surface area contributed by atoms with Crippen LogP contribution in [0.3, 0.4) is 0 Å². The van der Waals surface area contributed by atoms with Crippen LogP contribution in [0, 0.1) is 18.6 Å². The fourth-order valence-electron chi connectivity index (χ4n) is 3.85. The number of amides is 2. The number of likely N-dealkylation sites (N-methyl/N-ethyl adjacent to an activating group) is 1. The van der Waals surface area contributed by atoms with Crippen LogP contribution in [-0.4, -0.2) is 44.8 Å². The number of halogens is 2. The van der Waals surface area contributed by atoms with Gasteiger partial charge in [0.1, 0.15) is 24.2 Å². The molecular formula is C27H29F2N3O4S. The van der Waals surface area contributed by atoms with Crippen LogP contribution < -0.4 is 9.62 Å². The van der Waals surface area contributed by atoms with Gasteiger partial charge in [0, 0.05) is 13.6 Å². The van der Waals surface area contributed by atoms with E-state index in [0.29, 0.717) is 5.56 Å². The van der Waals surface area contributed by atoms with Crippen molar-refractivity contribution in [3.63, 3.8) is 0 Å². The summed E-state index contributed by atoms with van der Waals surface area (Å²) in [5.74, 6) is -2.09. The molecule has 0 aliphatic carbocycles. The molecule has 0 aromatic heterocycles. The molecule has 37 heavy (non-hydrogen) atoms. The molecule has 1 unspecified atom stereocenters. The van der Waals surface area contributed by atoms with Gasteiger partial charge in [0.25, 0.3) is 10.0 Å². The minimum absolute atomic E-state index is 0.0429. The van der Waals surface area contributed by atoms with Crippen LogP contribution in [0.2, 0.25) is 0 Å². The SMILES string of the molecule is CCC(C(=O)NC)N(Cc1ccc(F)cc1)C(=O)CN(c1ccc(F)cc1)S(=O)(=O)c1ccc(C)cc1. The van der Waals surface area contributed by atoms with E-state index in [4.69, 9.17) is 0 Å². The molecule has 2 amide bonds. The van der Waals surface area contributed by atoms with Gasteiger partial charge in [0.15, 0.2) is 0 Å². The van der Waals surface area contributed by atoms with E-state index < -0.39 is 46.1 Å². The summed E-state index contributed by atoms with van der Waals surface area (Å²) in [4.78, 5) is 27.6. The number of sulfonamides is 1. The maximum atomic E-state index is 13.7. The third kappa shape index (κ3) is 6.71. The number of rotatable bonds is 10. The maximum absolute atomic E-state index is 13.7. The van der Waals surface area contributed by atoms with E-state index in [-0.39, 0.29) is 23.5 Å². The summed E-state index contributed by atoms with van der Waals surface area (Å²) in [5.41, 5.74) is 1.50. The first-order valence-electron chi connectivity index (χ1n) is 11.7. The number of carbonyl (C=O) groups excluding carboxylic acids is 2. The van der Waals surface area contributed by atoms with Gasteiger partial charge in [-0.2, -0.15) is 0 Å². The van der Waals surface area contributed by atoms with Crippen molar-refractivity contribution in [2.75, 3.05) is 17.9 Å². The third-order valence-corrected chi connectivity index (χ3v) is 7.69. The average molecular weight is 530 g/mol. The Hall–Kier alpha value is -3.79. The minimum Gasteiger partial charge on any atom is -0.357 e. The van der Waals surface area contributed by atoms with Crippen molar-refractivity contribution >= 4 is 27.5 Å². The van der Waals surface area contributed by atoms with Crippen molar-refractivity contribution in [2.24, 2.45) is 0 Å². The second-order valence-electron chi connectivity index (χ2n) is 8.49. The van der Waals surface area contributed by atoms with Gasteiger partial charge >= 0.3 is 0 Å². The molecule has 0 aliphatic rings. The number of hydrogen-bond donors (Lipinski definition) is 1. The second-order valence-corrected chi connectivity index (χ2v) is 10.3. The predicted molar refractivity (Wildman–Crippen MR) is 137 cm³/mol. The van der Waals surface area contributed by atoms with E-state index in [1.165, 1.54) is 60.5 Å². The van der Waals surface area contributed by atoms with Crippen LogP contribution in [0.1, 0.15) is 24.5 Å².